The second-order valence-electron chi connectivity index (χ2n) is 4.94. The van der Waals surface area contributed by atoms with E-state index in [1.165, 1.54) is 45.1 Å². The van der Waals surface area contributed by atoms with Gasteiger partial charge in [-0.1, -0.05) is 25.7 Å². The molecule has 1 nitrogen and oxygen atoms in total. The molecule has 0 spiro atoms. The molecule has 1 N–H and O–H groups in total. The molecule has 0 amide bonds. The van der Waals surface area contributed by atoms with Crippen LogP contribution in [0.3, 0.4) is 0 Å². The summed E-state index contributed by atoms with van der Waals surface area (Å²) in [4.78, 5) is 1.62. The summed E-state index contributed by atoms with van der Waals surface area (Å²) in [6.07, 6.45) is 8.48. The molecule has 1 aliphatic carbocycles. The Morgan fingerprint density at radius 3 is 3.13 bits per heavy atom. The summed E-state index contributed by atoms with van der Waals surface area (Å²) < 4.78 is 0. The Kier molecular flexibility index (Phi) is 2.80. The summed E-state index contributed by atoms with van der Waals surface area (Å²) in [5.41, 5.74) is 1.61. The Bertz CT molecular complexity index is 327. The van der Waals surface area contributed by atoms with Crippen molar-refractivity contribution in [3.8, 4) is 0 Å². The number of thiophene rings is 1. The minimum Gasteiger partial charge on any atom is -0.309 e. The molecule has 82 valence electrons. The topological polar surface area (TPSA) is 12.0 Å². The van der Waals surface area contributed by atoms with Gasteiger partial charge in [-0.15, -0.1) is 11.3 Å². The lowest BCUT2D eigenvalue weighted by Crippen LogP contribution is -2.28. The first-order valence-corrected chi connectivity index (χ1v) is 7.11. The zero-order valence-electron chi connectivity index (χ0n) is 9.17. The molecule has 1 unspecified atom stereocenters. The number of hydrogen-bond acceptors (Lipinski definition) is 2. The fourth-order valence-corrected chi connectivity index (χ4v) is 3.65. The van der Waals surface area contributed by atoms with Crippen molar-refractivity contribution < 1.29 is 0 Å². The van der Waals surface area contributed by atoms with Gasteiger partial charge in [-0.2, -0.15) is 0 Å². The van der Waals surface area contributed by atoms with Crippen LogP contribution in [0.15, 0.2) is 11.4 Å². The average molecular weight is 221 g/mol. The van der Waals surface area contributed by atoms with E-state index < -0.39 is 0 Å². The van der Waals surface area contributed by atoms with Crippen molar-refractivity contribution in [2.24, 2.45) is 5.92 Å². The molecule has 0 radical (unpaired) electrons. The Hall–Kier alpha value is -0.340. The van der Waals surface area contributed by atoms with E-state index in [2.05, 4.69) is 16.8 Å². The molecule has 1 aliphatic heterocycles. The molecule has 3 rings (SSSR count). The third kappa shape index (κ3) is 2.26. The van der Waals surface area contributed by atoms with Crippen molar-refractivity contribution in [3.63, 3.8) is 0 Å². The first-order valence-electron chi connectivity index (χ1n) is 6.23. The van der Waals surface area contributed by atoms with E-state index in [0.29, 0.717) is 6.04 Å². The number of nitrogens with one attached hydrogen (secondary N) is 1. The van der Waals surface area contributed by atoms with Crippen molar-refractivity contribution in [1.82, 2.24) is 5.32 Å². The molecular weight excluding hydrogens is 202 g/mol. The van der Waals surface area contributed by atoms with Crippen molar-refractivity contribution >= 4 is 11.3 Å². The second kappa shape index (κ2) is 4.26. The molecule has 0 bridgehead atoms. The SMILES string of the molecule is c1cc2c(s1)C(CCCC1CC1)NCC2. The van der Waals surface area contributed by atoms with E-state index in [1.807, 2.05) is 11.3 Å². The third-order valence-electron chi connectivity index (χ3n) is 3.68. The summed E-state index contributed by atoms with van der Waals surface area (Å²) >= 11 is 1.95. The molecule has 15 heavy (non-hydrogen) atoms. The van der Waals surface area contributed by atoms with Gasteiger partial charge in [-0.25, -0.2) is 0 Å². The highest BCUT2D eigenvalue weighted by Gasteiger charge is 2.23. The van der Waals surface area contributed by atoms with Crippen molar-refractivity contribution in [2.45, 2.75) is 44.6 Å². The highest BCUT2D eigenvalue weighted by Crippen LogP contribution is 2.36. The van der Waals surface area contributed by atoms with Crippen LogP contribution in [0.25, 0.3) is 0 Å². The fraction of sp³-hybridized carbons (Fsp3) is 0.692. The lowest BCUT2D eigenvalue weighted by molar-refractivity contribution is 0.456. The van der Waals surface area contributed by atoms with Gasteiger partial charge in [-0.3, -0.25) is 0 Å². The molecule has 1 atom stereocenters. The maximum atomic E-state index is 3.67. The van der Waals surface area contributed by atoms with Crippen molar-refractivity contribution in [1.29, 1.82) is 0 Å². The largest absolute Gasteiger partial charge is 0.309 e. The number of fused-ring (bicyclic) bond motifs is 1. The highest BCUT2D eigenvalue weighted by molar-refractivity contribution is 7.10. The van der Waals surface area contributed by atoms with Gasteiger partial charge >= 0.3 is 0 Å². The van der Waals surface area contributed by atoms with Gasteiger partial charge in [0.2, 0.25) is 0 Å². The predicted octanol–water partition coefficient (Wildman–Crippen LogP) is 3.52. The Labute approximate surface area is 95.9 Å². The molecule has 0 saturated heterocycles. The van der Waals surface area contributed by atoms with Gasteiger partial charge in [0.1, 0.15) is 0 Å². The minimum atomic E-state index is 0.674. The summed E-state index contributed by atoms with van der Waals surface area (Å²) in [5.74, 6) is 1.09. The molecule has 2 heterocycles. The first kappa shape index (κ1) is 9.86. The summed E-state index contributed by atoms with van der Waals surface area (Å²) in [7, 11) is 0. The second-order valence-corrected chi connectivity index (χ2v) is 5.89. The first-order chi connectivity index (χ1) is 7.43. The summed E-state index contributed by atoms with van der Waals surface area (Å²) in [6, 6.07) is 2.99. The molecule has 0 aromatic carbocycles. The Morgan fingerprint density at radius 1 is 1.33 bits per heavy atom. The van der Waals surface area contributed by atoms with E-state index in [0.717, 1.165) is 5.92 Å². The molecule has 1 aromatic rings. The van der Waals surface area contributed by atoms with Crippen LogP contribution in [0.5, 0.6) is 0 Å². The van der Waals surface area contributed by atoms with Gasteiger partial charge < -0.3 is 5.32 Å². The predicted molar refractivity (Wildman–Crippen MR) is 65.3 cm³/mol. The quantitative estimate of drug-likeness (QED) is 0.820. The van der Waals surface area contributed by atoms with Crippen LogP contribution in [0.4, 0.5) is 0 Å². The maximum absolute atomic E-state index is 3.67. The van der Waals surface area contributed by atoms with Gasteiger partial charge in [0.15, 0.2) is 0 Å². The van der Waals surface area contributed by atoms with Gasteiger partial charge in [0.05, 0.1) is 0 Å². The monoisotopic (exact) mass is 221 g/mol. The van der Waals surface area contributed by atoms with Crippen LogP contribution < -0.4 is 5.32 Å². The van der Waals surface area contributed by atoms with E-state index in [1.54, 1.807) is 10.4 Å². The van der Waals surface area contributed by atoms with Crippen LogP contribution >= 0.6 is 11.3 Å². The van der Waals surface area contributed by atoms with Crippen LogP contribution in [-0.4, -0.2) is 6.54 Å². The van der Waals surface area contributed by atoms with Gasteiger partial charge in [0.25, 0.3) is 0 Å². The van der Waals surface area contributed by atoms with Gasteiger partial charge in [-0.05, 0) is 42.3 Å². The number of rotatable bonds is 4. The summed E-state index contributed by atoms with van der Waals surface area (Å²) in [5, 5.41) is 5.92. The molecule has 1 fully saturated rings. The molecule has 1 saturated carbocycles. The molecule has 2 aliphatic rings. The zero-order chi connectivity index (χ0) is 10.1. The summed E-state index contributed by atoms with van der Waals surface area (Å²) in [6.45, 7) is 1.18. The van der Waals surface area contributed by atoms with E-state index in [9.17, 15) is 0 Å². The van der Waals surface area contributed by atoms with Crippen LogP contribution in [-0.2, 0) is 6.42 Å². The standard InChI is InChI=1S/C13H19NS/c1(2-10-4-5-10)3-12-13-11(6-8-14-12)7-9-15-13/h7,9-10,12,14H,1-6,8H2. The Balaban J connectivity index is 1.57. The normalized spacial score (nSPS) is 25.2. The smallest absolute Gasteiger partial charge is 0.0417 e. The molecule has 2 heteroatoms. The molecule has 1 aromatic heterocycles. The van der Waals surface area contributed by atoms with Crippen molar-refractivity contribution in [2.75, 3.05) is 6.54 Å². The van der Waals surface area contributed by atoms with Gasteiger partial charge in [0, 0.05) is 10.9 Å². The van der Waals surface area contributed by atoms with E-state index in [4.69, 9.17) is 0 Å². The lowest BCUT2D eigenvalue weighted by atomic mass is 9.99. The van der Waals surface area contributed by atoms with Crippen LogP contribution in [0.2, 0.25) is 0 Å². The zero-order valence-corrected chi connectivity index (χ0v) is 9.98. The number of hydrogen-bond donors (Lipinski definition) is 1. The minimum absolute atomic E-state index is 0.674. The fourth-order valence-electron chi connectivity index (χ4n) is 2.58. The third-order valence-corrected chi connectivity index (χ3v) is 4.76. The lowest BCUT2D eigenvalue weighted by Gasteiger charge is -2.23. The average Bonchev–Trinajstić information content (AvgIpc) is 2.95. The maximum Gasteiger partial charge on any atom is 0.0417 e. The van der Waals surface area contributed by atoms with E-state index >= 15 is 0 Å². The van der Waals surface area contributed by atoms with Crippen molar-refractivity contribution in [3.05, 3.63) is 21.9 Å². The molecular formula is C13H19NS. The van der Waals surface area contributed by atoms with Crippen LogP contribution in [0, 0.1) is 5.92 Å². The van der Waals surface area contributed by atoms with E-state index in [-0.39, 0.29) is 0 Å². The highest BCUT2D eigenvalue weighted by atomic mass is 32.1. The Morgan fingerprint density at radius 2 is 2.27 bits per heavy atom. The van der Waals surface area contributed by atoms with Crippen LogP contribution in [0.1, 0.15) is 48.6 Å².